The normalized spacial score (nSPS) is 10.8. The highest BCUT2D eigenvalue weighted by Crippen LogP contribution is 2.23. The van der Waals surface area contributed by atoms with Crippen molar-refractivity contribution in [2.24, 2.45) is 5.92 Å². The summed E-state index contributed by atoms with van der Waals surface area (Å²) in [4.78, 5) is 23.5. The van der Waals surface area contributed by atoms with Crippen molar-refractivity contribution in [1.82, 2.24) is 9.38 Å². The number of imidazole rings is 1. The van der Waals surface area contributed by atoms with Crippen LogP contribution >= 0.6 is 0 Å². The van der Waals surface area contributed by atoms with E-state index >= 15 is 0 Å². The van der Waals surface area contributed by atoms with E-state index < -0.39 is 11.9 Å². The van der Waals surface area contributed by atoms with E-state index in [4.69, 9.17) is 20.7 Å². The predicted molar refractivity (Wildman–Crippen MR) is 98.3 cm³/mol. The number of aromatic nitrogens is 2. The third-order valence-corrected chi connectivity index (χ3v) is 3.39. The van der Waals surface area contributed by atoms with Crippen molar-refractivity contribution in [3.8, 4) is 5.75 Å². The second kappa shape index (κ2) is 10.1. The predicted octanol–water partition coefficient (Wildman–Crippen LogP) is 2.75. The van der Waals surface area contributed by atoms with Crippen molar-refractivity contribution < 1.29 is 24.5 Å². The van der Waals surface area contributed by atoms with Crippen molar-refractivity contribution >= 4 is 23.4 Å². The number of pyridine rings is 1. The molecule has 8 heteroatoms. The van der Waals surface area contributed by atoms with Crippen LogP contribution in [-0.4, -0.2) is 38.1 Å². The van der Waals surface area contributed by atoms with Gasteiger partial charge < -0.3 is 20.7 Å². The molecule has 2 rings (SSSR count). The number of rotatable bonds is 7. The van der Waals surface area contributed by atoms with Crippen LogP contribution in [0, 0.1) is 12.8 Å². The Labute approximate surface area is 151 Å². The maximum Gasteiger partial charge on any atom is 0.328 e. The number of ether oxygens (including phenoxy) is 1. The van der Waals surface area contributed by atoms with E-state index in [9.17, 15) is 9.59 Å². The number of hydrogen-bond acceptors (Lipinski definition) is 5. The topological polar surface area (TPSA) is 127 Å². The molecule has 0 saturated heterocycles. The van der Waals surface area contributed by atoms with Gasteiger partial charge in [0.15, 0.2) is 11.4 Å². The SMILES string of the molecule is Cc1nc2c(OCCCC(C)C)cccn2c1N.O=C(O)C=CC(=O)O. The molecule has 2 aromatic heterocycles. The molecule has 0 aliphatic carbocycles. The zero-order valence-electron chi connectivity index (χ0n) is 15.2. The molecule has 0 aromatic carbocycles. The van der Waals surface area contributed by atoms with Gasteiger partial charge in [-0.05, 0) is 37.8 Å². The monoisotopic (exact) mass is 363 g/mol. The molecule has 8 nitrogen and oxygen atoms in total. The molecule has 2 heterocycles. The van der Waals surface area contributed by atoms with Gasteiger partial charge in [-0.3, -0.25) is 4.40 Å². The van der Waals surface area contributed by atoms with E-state index in [-0.39, 0.29) is 0 Å². The summed E-state index contributed by atoms with van der Waals surface area (Å²) in [6, 6.07) is 3.87. The fourth-order valence-corrected chi connectivity index (χ4v) is 2.10. The first kappa shape index (κ1) is 21.0. The van der Waals surface area contributed by atoms with Crippen LogP contribution in [0.5, 0.6) is 5.75 Å². The first-order valence-corrected chi connectivity index (χ1v) is 8.22. The molecule has 0 atom stereocenters. The van der Waals surface area contributed by atoms with Gasteiger partial charge in [-0.15, -0.1) is 0 Å². The lowest BCUT2D eigenvalue weighted by Gasteiger charge is -2.08. The van der Waals surface area contributed by atoms with Crippen LogP contribution in [0.3, 0.4) is 0 Å². The summed E-state index contributed by atoms with van der Waals surface area (Å²) in [5, 5.41) is 15.6. The van der Waals surface area contributed by atoms with Gasteiger partial charge in [0, 0.05) is 18.3 Å². The summed E-state index contributed by atoms with van der Waals surface area (Å²) in [5.74, 6) is -0.313. The molecule has 0 aliphatic rings. The summed E-state index contributed by atoms with van der Waals surface area (Å²) >= 11 is 0. The minimum Gasteiger partial charge on any atom is -0.490 e. The fourth-order valence-electron chi connectivity index (χ4n) is 2.10. The highest BCUT2D eigenvalue weighted by molar-refractivity contribution is 5.89. The third kappa shape index (κ3) is 6.84. The Balaban J connectivity index is 0.000000359. The van der Waals surface area contributed by atoms with E-state index in [0.29, 0.717) is 23.9 Å². The Hall–Kier alpha value is -3.03. The lowest BCUT2D eigenvalue weighted by Crippen LogP contribution is -2.01. The number of aryl methyl sites for hydroxylation is 1. The van der Waals surface area contributed by atoms with Gasteiger partial charge in [0.25, 0.3) is 0 Å². The van der Waals surface area contributed by atoms with Gasteiger partial charge >= 0.3 is 11.9 Å². The second-order valence-electron chi connectivity index (χ2n) is 6.04. The molecule has 0 saturated carbocycles. The van der Waals surface area contributed by atoms with E-state index in [1.165, 1.54) is 6.42 Å². The highest BCUT2D eigenvalue weighted by atomic mass is 16.5. The molecule has 0 unspecified atom stereocenters. The number of nitrogens with zero attached hydrogens (tertiary/aromatic N) is 2. The molecule has 2 aromatic rings. The van der Waals surface area contributed by atoms with E-state index in [1.54, 1.807) is 0 Å². The first-order valence-electron chi connectivity index (χ1n) is 8.22. The number of carboxylic acid groups (broad SMARTS) is 2. The number of nitrogens with two attached hydrogens (primary N) is 1. The van der Waals surface area contributed by atoms with Gasteiger partial charge in [-0.25, -0.2) is 14.6 Å². The lowest BCUT2D eigenvalue weighted by molar-refractivity contribution is -0.134. The zero-order valence-corrected chi connectivity index (χ0v) is 15.2. The van der Waals surface area contributed by atoms with E-state index in [2.05, 4.69) is 18.8 Å². The standard InChI is InChI=1S/C14H21N3O.C4H4O4/c1-10(2)6-5-9-18-12-7-4-8-17-13(15)11(3)16-14(12)17;5-3(6)1-2-4(7)8/h4,7-8,10H,5-6,9,15H2,1-3H3;1-2H,(H,5,6)(H,7,8). The zero-order chi connectivity index (χ0) is 19.7. The molecule has 0 radical (unpaired) electrons. The average Bonchev–Trinajstić information content (AvgIpc) is 2.86. The highest BCUT2D eigenvalue weighted by Gasteiger charge is 2.09. The van der Waals surface area contributed by atoms with Crippen LogP contribution in [0.1, 0.15) is 32.4 Å². The average molecular weight is 363 g/mol. The molecule has 0 bridgehead atoms. The van der Waals surface area contributed by atoms with Crippen LogP contribution in [0.25, 0.3) is 5.65 Å². The summed E-state index contributed by atoms with van der Waals surface area (Å²) in [6.07, 6.45) is 5.27. The largest absolute Gasteiger partial charge is 0.490 e. The number of nitrogen functional groups attached to an aromatic ring is 1. The Morgan fingerprint density at radius 2 is 1.92 bits per heavy atom. The molecule has 0 spiro atoms. The van der Waals surface area contributed by atoms with Crippen LogP contribution in [0.4, 0.5) is 5.82 Å². The second-order valence-corrected chi connectivity index (χ2v) is 6.04. The summed E-state index contributed by atoms with van der Waals surface area (Å²) < 4.78 is 7.67. The van der Waals surface area contributed by atoms with Crippen LogP contribution in [0.2, 0.25) is 0 Å². The number of anilines is 1. The minimum absolute atomic E-state index is 0.558. The van der Waals surface area contributed by atoms with Crippen molar-refractivity contribution in [3.05, 3.63) is 36.2 Å². The van der Waals surface area contributed by atoms with Gasteiger partial charge in [0.1, 0.15) is 5.82 Å². The summed E-state index contributed by atoms with van der Waals surface area (Å²) in [7, 11) is 0. The quantitative estimate of drug-likeness (QED) is 0.510. The third-order valence-electron chi connectivity index (χ3n) is 3.39. The van der Waals surface area contributed by atoms with Crippen molar-refractivity contribution in [2.45, 2.75) is 33.6 Å². The number of carboxylic acids is 2. The van der Waals surface area contributed by atoms with Crippen LogP contribution in [-0.2, 0) is 9.59 Å². The number of aliphatic carboxylic acids is 2. The Kier molecular flexibility index (Phi) is 8.14. The molecule has 0 fully saturated rings. The molecule has 142 valence electrons. The van der Waals surface area contributed by atoms with Gasteiger partial charge in [0.2, 0.25) is 0 Å². The van der Waals surface area contributed by atoms with E-state index in [0.717, 1.165) is 30.1 Å². The molecule has 0 amide bonds. The smallest absolute Gasteiger partial charge is 0.328 e. The maximum atomic E-state index is 9.55. The maximum absolute atomic E-state index is 9.55. The van der Waals surface area contributed by atoms with Crippen molar-refractivity contribution in [2.75, 3.05) is 12.3 Å². The fraction of sp³-hybridized carbons (Fsp3) is 0.389. The Bertz CT molecular complexity index is 764. The number of carbonyl (C=O) groups is 2. The number of hydrogen-bond donors (Lipinski definition) is 3. The number of fused-ring (bicyclic) bond motifs is 1. The molecule has 26 heavy (non-hydrogen) atoms. The molecule has 0 aliphatic heterocycles. The summed E-state index contributed by atoms with van der Waals surface area (Å²) in [6.45, 7) is 7.08. The Morgan fingerprint density at radius 3 is 2.46 bits per heavy atom. The van der Waals surface area contributed by atoms with Crippen molar-refractivity contribution in [1.29, 1.82) is 0 Å². The van der Waals surface area contributed by atoms with Crippen molar-refractivity contribution in [3.63, 3.8) is 0 Å². The minimum atomic E-state index is -1.26. The van der Waals surface area contributed by atoms with Gasteiger partial charge in [-0.2, -0.15) is 0 Å². The first-order chi connectivity index (χ1) is 12.2. The molecule has 4 N–H and O–H groups in total. The van der Waals surface area contributed by atoms with Crippen LogP contribution in [0.15, 0.2) is 30.5 Å². The van der Waals surface area contributed by atoms with Gasteiger partial charge in [0.05, 0.1) is 12.3 Å². The summed E-state index contributed by atoms with van der Waals surface area (Å²) in [5.41, 5.74) is 7.59. The van der Waals surface area contributed by atoms with Gasteiger partial charge in [-0.1, -0.05) is 13.8 Å². The van der Waals surface area contributed by atoms with Crippen LogP contribution < -0.4 is 10.5 Å². The lowest BCUT2D eigenvalue weighted by atomic mass is 10.1. The Morgan fingerprint density at radius 1 is 1.31 bits per heavy atom. The molecular weight excluding hydrogens is 338 g/mol. The van der Waals surface area contributed by atoms with E-state index in [1.807, 2.05) is 29.7 Å². The molecular formula is C18H25N3O5.